The second kappa shape index (κ2) is 8.41. The number of hydrogen-bond donors (Lipinski definition) is 2. The topological polar surface area (TPSA) is 58.2 Å². The minimum atomic E-state index is -3.84. The average Bonchev–Trinajstić information content (AvgIpc) is 3.27. The lowest BCUT2D eigenvalue weighted by Crippen LogP contribution is -2.29. The molecule has 164 valence electrons. The number of anilines is 2. The van der Waals surface area contributed by atoms with Crippen LogP contribution in [-0.2, 0) is 10.0 Å². The average molecular weight is 550 g/mol. The highest BCUT2D eigenvalue weighted by Crippen LogP contribution is 2.51. The molecular formula is C24H19BrCl2N2O2S. The molecule has 3 aromatic carbocycles. The van der Waals surface area contributed by atoms with Crippen LogP contribution >= 0.6 is 39.1 Å². The first kappa shape index (κ1) is 21.8. The van der Waals surface area contributed by atoms with E-state index in [0.29, 0.717) is 10.9 Å². The summed E-state index contributed by atoms with van der Waals surface area (Å²) in [5.74, 6) is 0.433. The molecule has 0 bridgehead atoms. The van der Waals surface area contributed by atoms with Gasteiger partial charge >= 0.3 is 0 Å². The van der Waals surface area contributed by atoms with Crippen LogP contribution in [0, 0.1) is 5.92 Å². The summed E-state index contributed by atoms with van der Waals surface area (Å²) in [6.45, 7) is 0. The van der Waals surface area contributed by atoms with Crippen molar-refractivity contribution in [1.29, 1.82) is 0 Å². The van der Waals surface area contributed by atoms with Gasteiger partial charge in [0.1, 0.15) is 0 Å². The quantitative estimate of drug-likeness (QED) is 0.334. The fourth-order valence-electron chi connectivity index (χ4n) is 4.56. The predicted octanol–water partition coefficient (Wildman–Crippen LogP) is 7.38. The van der Waals surface area contributed by atoms with Crippen LogP contribution in [0.3, 0.4) is 0 Å². The molecule has 0 unspecified atom stereocenters. The molecule has 0 aromatic heterocycles. The molecule has 1 aliphatic heterocycles. The lowest BCUT2D eigenvalue weighted by molar-refractivity contribution is 0.424. The Morgan fingerprint density at radius 3 is 2.62 bits per heavy atom. The monoisotopic (exact) mass is 548 g/mol. The molecule has 0 amide bonds. The molecule has 3 atom stereocenters. The molecule has 1 heterocycles. The number of hydrogen-bond acceptors (Lipinski definition) is 3. The largest absolute Gasteiger partial charge is 0.378 e. The Balaban J connectivity index is 1.51. The molecule has 0 fully saturated rings. The lowest BCUT2D eigenvalue weighted by atomic mass is 9.77. The molecule has 32 heavy (non-hydrogen) atoms. The number of fused-ring (bicyclic) bond motifs is 3. The van der Waals surface area contributed by atoms with Gasteiger partial charge in [-0.2, -0.15) is 0 Å². The highest BCUT2D eigenvalue weighted by atomic mass is 79.9. The summed E-state index contributed by atoms with van der Waals surface area (Å²) in [4.78, 5) is 0.187. The van der Waals surface area contributed by atoms with Gasteiger partial charge in [0, 0.05) is 16.1 Å². The number of halogens is 3. The SMILES string of the molecule is O=S(=O)(Nc1cccc(Cl)c1Cl)c1ccc2c(c1)[C@H]1C=CC[C@H]1[C@@H](c1ccccc1Br)N2. The van der Waals surface area contributed by atoms with Gasteiger partial charge in [0.15, 0.2) is 0 Å². The van der Waals surface area contributed by atoms with Crippen molar-refractivity contribution in [3.8, 4) is 0 Å². The van der Waals surface area contributed by atoms with E-state index in [9.17, 15) is 8.42 Å². The van der Waals surface area contributed by atoms with E-state index in [1.807, 2.05) is 24.3 Å². The van der Waals surface area contributed by atoms with Crippen LogP contribution in [0.2, 0.25) is 10.0 Å². The van der Waals surface area contributed by atoms with Gasteiger partial charge in [-0.05, 0) is 59.9 Å². The third-order valence-corrected chi connectivity index (χ3v) is 8.98. The van der Waals surface area contributed by atoms with E-state index >= 15 is 0 Å². The highest BCUT2D eigenvalue weighted by Gasteiger charge is 2.39. The smallest absolute Gasteiger partial charge is 0.261 e. The molecule has 0 saturated heterocycles. The summed E-state index contributed by atoms with van der Waals surface area (Å²) in [6.07, 6.45) is 5.30. The van der Waals surface area contributed by atoms with Crippen LogP contribution < -0.4 is 10.0 Å². The Morgan fingerprint density at radius 2 is 1.81 bits per heavy atom. The van der Waals surface area contributed by atoms with Crippen molar-refractivity contribution in [2.45, 2.75) is 23.3 Å². The number of benzene rings is 3. The van der Waals surface area contributed by atoms with E-state index in [4.69, 9.17) is 23.2 Å². The predicted molar refractivity (Wildman–Crippen MR) is 134 cm³/mol. The number of nitrogens with one attached hydrogen (secondary N) is 2. The molecule has 0 radical (unpaired) electrons. The van der Waals surface area contributed by atoms with Gasteiger partial charge in [-0.3, -0.25) is 4.72 Å². The van der Waals surface area contributed by atoms with Crippen LogP contribution in [0.4, 0.5) is 11.4 Å². The molecule has 0 spiro atoms. The second-order valence-electron chi connectivity index (χ2n) is 7.95. The van der Waals surface area contributed by atoms with Crippen molar-refractivity contribution < 1.29 is 8.42 Å². The standard InChI is InChI=1S/C24H19BrCl2N2O2S/c25-19-8-2-1-5-17(19)24-16-7-3-6-15(16)18-13-14(11-12-21(18)28-24)32(30,31)29-22-10-4-9-20(26)23(22)27/h1-6,8-13,15-16,24,28-29H,7H2/t15-,16+,24-/m0/s1. The maximum atomic E-state index is 13.1. The van der Waals surface area contributed by atoms with E-state index < -0.39 is 10.0 Å². The van der Waals surface area contributed by atoms with Gasteiger partial charge in [0.25, 0.3) is 10.0 Å². The van der Waals surface area contributed by atoms with Crippen LogP contribution in [0.15, 0.2) is 82.2 Å². The fourth-order valence-corrected chi connectivity index (χ4v) is 6.60. The summed E-state index contributed by atoms with van der Waals surface area (Å²) in [5.41, 5.74) is 3.37. The van der Waals surface area contributed by atoms with E-state index in [2.05, 4.69) is 44.2 Å². The first-order valence-corrected chi connectivity index (χ1v) is 13.2. The minimum Gasteiger partial charge on any atom is -0.378 e. The molecule has 3 aromatic rings. The summed E-state index contributed by atoms with van der Waals surface area (Å²) >= 11 is 15.9. The van der Waals surface area contributed by atoms with Gasteiger partial charge in [-0.1, -0.05) is 75.5 Å². The molecule has 0 saturated carbocycles. The maximum Gasteiger partial charge on any atom is 0.261 e. The van der Waals surface area contributed by atoms with E-state index in [-0.39, 0.29) is 27.6 Å². The summed E-state index contributed by atoms with van der Waals surface area (Å²) < 4.78 is 29.9. The van der Waals surface area contributed by atoms with Crippen LogP contribution in [0.5, 0.6) is 0 Å². The highest BCUT2D eigenvalue weighted by molar-refractivity contribution is 9.10. The molecular weight excluding hydrogens is 531 g/mol. The molecule has 5 rings (SSSR count). The Kier molecular flexibility index (Phi) is 5.74. The van der Waals surface area contributed by atoms with Crippen molar-refractivity contribution in [2.24, 2.45) is 5.92 Å². The van der Waals surface area contributed by atoms with Crippen LogP contribution in [0.25, 0.3) is 0 Å². The Labute approximate surface area is 205 Å². The van der Waals surface area contributed by atoms with Crippen LogP contribution in [0.1, 0.15) is 29.5 Å². The van der Waals surface area contributed by atoms with Crippen molar-refractivity contribution >= 4 is 60.5 Å². The fraction of sp³-hybridized carbons (Fsp3) is 0.167. The van der Waals surface area contributed by atoms with Crippen molar-refractivity contribution in [1.82, 2.24) is 0 Å². The Morgan fingerprint density at radius 1 is 1.00 bits per heavy atom. The zero-order chi connectivity index (χ0) is 22.5. The number of rotatable bonds is 4. The maximum absolute atomic E-state index is 13.1. The van der Waals surface area contributed by atoms with Gasteiger partial charge < -0.3 is 5.32 Å². The number of sulfonamides is 1. The first-order valence-electron chi connectivity index (χ1n) is 10.1. The van der Waals surface area contributed by atoms with Crippen molar-refractivity contribution in [3.63, 3.8) is 0 Å². The zero-order valence-corrected chi connectivity index (χ0v) is 20.6. The van der Waals surface area contributed by atoms with Crippen molar-refractivity contribution in [2.75, 3.05) is 10.0 Å². The van der Waals surface area contributed by atoms with Gasteiger partial charge in [0.2, 0.25) is 0 Å². The molecule has 2 aliphatic rings. The first-order chi connectivity index (χ1) is 15.3. The molecule has 1 aliphatic carbocycles. The lowest BCUT2D eigenvalue weighted by Gasteiger charge is -2.38. The van der Waals surface area contributed by atoms with Gasteiger partial charge in [-0.15, -0.1) is 0 Å². The normalized spacial score (nSPS) is 21.5. The van der Waals surface area contributed by atoms with E-state index in [0.717, 1.165) is 22.1 Å². The molecule has 4 nitrogen and oxygen atoms in total. The third kappa shape index (κ3) is 3.83. The zero-order valence-electron chi connectivity index (χ0n) is 16.7. The Bertz CT molecular complexity index is 1340. The third-order valence-electron chi connectivity index (χ3n) is 6.08. The van der Waals surface area contributed by atoms with Gasteiger partial charge in [0.05, 0.1) is 26.7 Å². The second-order valence-corrected chi connectivity index (χ2v) is 11.3. The van der Waals surface area contributed by atoms with E-state index in [1.165, 1.54) is 5.56 Å². The number of allylic oxidation sites excluding steroid dienone is 2. The van der Waals surface area contributed by atoms with Gasteiger partial charge in [-0.25, -0.2) is 8.42 Å². The Hall–Kier alpha value is -1.99. The molecule has 2 N–H and O–H groups in total. The molecule has 8 heteroatoms. The van der Waals surface area contributed by atoms with E-state index in [1.54, 1.807) is 30.3 Å². The van der Waals surface area contributed by atoms with Crippen molar-refractivity contribution in [3.05, 3.63) is 98.5 Å². The summed E-state index contributed by atoms with van der Waals surface area (Å²) in [6, 6.07) is 18.4. The minimum absolute atomic E-state index is 0.129. The summed E-state index contributed by atoms with van der Waals surface area (Å²) in [5, 5.41) is 4.11. The van der Waals surface area contributed by atoms with Crippen LogP contribution in [-0.4, -0.2) is 8.42 Å². The summed E-state index contributed by atoms with van der Waals surface area (Å²) in [7, 11) is -3.84.